The molecule has 0 radical (unpaired) electrons. The normalized spacial score (nSPS) is 21.2. The molecule has 2 atom stereocenters. The Morgan fingerprint density at radius 2 is 2.18 bits per heavy atom. The minimum atomic E-state index is -0.977. The van der Waals surface area contributed by atoms with Crippen molar-refractivity contribution in [2.24, 2.45) is 5.92 Å². The summed E-state index contributed by atoms with van der Waals surface area (Å²) in [6.45, 7) is 3.87. The van der Waals surface area contributed by atoms with Crippen molar-refractivity contribution >= 4 is 23.8 Å². The fraction of sp³-hybridized carbons (Fsp3) is 0.818. The second-order valence-electron chi connectivity index (χ2n) is 4.70. The average Bonchev–Trinajstić information content (AvgIpc) is 2.68. The van der Waals surface area contributed by atoms with Gasteiger partial charge in [-0.2, -0.15) is 11.8 Å². The molecule has 98 valence electrons. The smallest absolute Gasteiger partial charge is 0.326 e. The Morgan fingerprint density at radius 1 is 1.47 bits per heavy atom. The Hall–Kier alpha value is -0.910. The van der Waals surface area contributed by atoms with E-state index in [1.54, 1.807) is 11.8 Å². The summed E-state index contributed by atoms with van der Waals surface area (Å²) < 4.78 is 0. The predicted molar refractivity (Wildman–Crippen MR) is 68.3 cm³/mol. The van der Waals surface area contributed by atoms with E-state index in [-0.39, 0.29) is 18.0 Å². The molecule has 1 unspecified atom stereocenters. The predicted octanol–water partition coefficient (Wildman–Crippen LogP) is 1.29. The molecule has 1 rings (SSSR count). The van der Waals surface area contributed by atoms with Crippen molar-refractivity contribution in [3.8, 4) is 0 Å². The molecule has 2 amide bonds. The Balaban J connectivity index is 2.37. The van der Waals surface area contributed by atoms with Crippen molar-refractivity contribution in [3.05, 3.63) is 0 Å². The lowest BCUT2D eigenvalue weighted by atomic mass is 10.0. The quantitative estimate of drug-likeness (QED) is 0.696. The first-order valence-corrected chi connectivity index (χ1v) is 7.02. The molecule has 1 fully saturated rings. The molecule has 5 nitrogen and oxygen atoms in total. The first-order valence-electron chi connectivity index (χ1n) is 5.86. The highest BCUT2D eigenvalue weighted by Crippen LogP contribution is 2.16. The van der Waals surface area contributed by atoms with E-state index < -0.39 is 12.0 Å². The minimum Gasteiger partial charge on any atom is -0.480 e. The van der Waals surface area contributed by atoms with Gasteiger partial charge < -0.3 is 15.7 Å². The van der Waals surface area contributed by atoms with Gasteiger partial charge in [-0.25, -0.2) is 9.59 Å². The number of amides is 2. The van der Waals surface area contributed by atoms with Crippen LogP contribution in [0, 0.1) is 5.92 Å². The Bertz CT molecular complexity index is 278. The van der Waals surface area contributed by atoms with Crippen LogP contribution in [0.4, 0.5) is 4.79 Å². The molecule has 1 saturated heterocycles. The van der Waals surface area contributed by atoms with Gasteiger partial charge in [0.25, 0.3) is 0 Å². The molecule has 0 spiro atoms. The van der Waals surface area contributed by atoms with E-state index in [0.717, 1.165) is 17.9 Å². The monoisotopic (exact) mass is 260 g/mol. The number of urea groups is 1. The summed E-state index contributed by atoms with van der Waals surface area (Å²) in [5.74, 6) is 1.22. The summed E-state index contributed by atoms with van der Waals surface area (Å²) in [6, 6.07) is -0.997. The van der Waals surface area contributed by atoms with Crippen LogP contribution < -0.4 is 10.6 Å². The zero-order chi connectivity index (χ0) is 12.8. The average molecular weight is 260 g/mol. The van der Waals surface area contributed by atoms with Gasteiger partial charge in [0.15, 0.2) is 0 Å². The summed E-state index contributed by atoms with van der Waals surface area (Å²) in [5.41, 5.74) is 0. The minimum absolute atomic E-state index is 0.175. The molecule has 6 heteroatoms. The number of hydrogen-bond donors (Lipinski definition) is 3. The Morgan fingerprint density at radius 3 is 2.65 bits per heavy atom. The van der Waals surface area contributed by atoms with E-state index in [4.69, 9.17) is 5.11 Å². The van der Waals surface area contributed by atoms with Gasteiger partial charge in [-0.05, 0) is 24.5 Å². The van der Waals surface area contributed by atoms with Crippen LogP contribution in [0.3, 0.4) is 0 Å². The van der Waals surface area contributed by atoms with Crippen molar-refractivity contribution in [1.29, 1.82) is 0 Å². The highest BCUT2D eigenvalue weighted by molar-refractivity contribution is 7.99. The lowest BCUT2D eigenvalue weighted by molar-refractivity contribution is -0.139. The standard InChI is InChI=1S/C11H20N2O3S/c1-7(2)5-9(10(14)15)13-11(16)12-8-3-4-17-6-8/h7-9H,3-6H2,1-2H3,(H,14,15)(H2,12,13,16)/t8?,9-/m1/s1. The number of carboxylic acid groups (broad SMARTS) is 1. The van der Waals surface area contributed by atoms with E-state index in [1.807, 2.05) is 13.8 Å². The maximum Gasteiger partial charge on any atom is 0.326 e. The van der Waals surface area contributed by atoms with E-state index >= 15 is 0 Å². The van der Waals surface area contributed by atoms with Gasteiger partial charge in [0.1, 0.15) is 6.04 Å². The van der Waals surface area contributed by atoms with Crippen molar-refractivity contribution in [1.82, 2.24) is 10.6 Å². The maximum absolute atomic E-state index is 11.6. The van der Waals surface area contributed by atoms with Gasteiger partial charge >= 0.3 is 12.0 Å². The first kappa shape index (κ1) is 14.2. The fourth-order valence-electron chi connectivity index (χ4n) is 1.73. The summed E-state index contributed by atoms with van der Waals surface area (Å²) >= 11 is 1.80. The van der Waals surface area contributed by atoms with Crippen molar-refractivity contribution in [2.45, 2.75) is 38.8 Å². The molecule has 0 saturated carbocycles. The molecule has 0 aromatic heterocycles. The van der Waals surface area contributed by atoms with Gasteiger partial charge in [0, 0.05) is 11.8 Å². The number of aliphatic carboxylic acids is 1. The van der Waals surface area contributed by atoms with E-state index in [0.29, 0.717) is 6.42 Å². The van der Waals surface area contributed by atoms with Gasteiger partial charge in [0.05, 0.1) is 0 Å². The molecular weight excluding hydrogens is 240 g/mol. The largest absolute Gasteiger partial charge is 0.480 e. The van der Waals surface area contributed by atoms with Gasteiger partial charge in [-0.3, -0.25) is 0 Å². The summed E-state index contributed by atoms with van der Waals surface area (Å²) in [7, 11) is 0. The molecule has 3 N–H and O–H groups in total. The van der Waals surface area contributed by atoms with Gasteiger partial charge in [-0.15, -0.1) is 0 Å². The molecular formula is C11H20N2O3S. The summed E-state index contributed by atoms with van der Waals surface area (Å²) in [4.78, 5) is 22.6. The van der Waals surface area contributed by atoms with E-state index in [9.17, 15) is 9.59 Å². The third-order valence-corrected chi connectivity index (χ3v) is 3.74. The Kier molecular flexibility index (Phi) is 5.61. The molecule has 0 aromatic rings. The molecule has 0 aromatic carbocycles. The molecule has 1 aliphatic heterocycles. The summed E-state index contributed by atoms with van der Waals surface area (Å²) in [6.07, 6.45) is 1.40. The van der Waals surface area contributed by atoms with Crippen LogP contribution in [-0.4, -0.2) is 40.7 Å². The highest BCUT2D eigenvalue weighted by atomic mass is 32.2. The zero-order valence-electron chi connectivity index (χ0n) is 10.2. The number of carbonyl (C=O) groups is 2. The number of carboxylic acids is 1. The van der Waals surface area contributed by atoms with Crippen LogP contribution in [0.2, 0.25) is 0 Å². The zero-order valence-corrected chi connectivity index (χ0v) is 11.0. The second-order valence-corrected chi connectivity index (χ2v) is 5.85. The lowest BCUT2D eigenvalue weighted by Crippen LogP contribution is -2.49. The van der Waals surface area contributed by atoms with Gasteiger partial charge in [0.2, 0.25) is 0 Å². The van der Waals surface area contributed by atoms with Crippen LogP contribution >= 0.6 is 11.8 Å². The van der Waals surface area contributed by atoms with Crippen LogP contribution in [0.25, 0.3) is 0 Å². The topological polar surface area (TPSA) is 78.4 Å². The summed E-state index contributed by atoms with van der Waals surface area (Å²) in [5, 5.41) is 14.3. The van der Waals surface area contributed by atoms with Crippen LogP contribution in [0.5, 0.6) is 0 Å². The second kappa shape index (κ2) is 6.74. The molecule has 17 heavy (non-hydrogen) atoms. The third-order valence-electron chi connectivity index (χ3n) is 2.58. The third kappa shape index (κ3) is 5.30. The Labute approximate surface area is 106 Å². The van der Waals surface area contributed by atoms with E-state index in [2.05, 4.69) is 10.6 Å². The SMILES string of the molecule is CC(C)C[C@@H](NC(=O)NC1CCSC1)C(=O)O. The number of carbonyl (C=O) groups excluding carboxylic acids is 1. The lowest BCUT2D eigenvalue weighted by Gasteiger charge is -2.18. The molecule has 1 heterocycles. The van der Waals surface area contributed by atoms with Crippen molar-refractivity contribution < 1.29 is 14.7 Å². The van der Waals surface area contributed by atoms with Crippen molar-refractivity contribution in [2.75, 3.05) is 11.5 Å². The van der Waals surface area contributed by atoms with Crippen molar-refractivity contribution in [3.63, 3.8) is 0 Å². The van der Waals surface area contributed by atoms with Crippen LogP contribution in [0.15, 0.2) is 0 Å². The molecule has 0 bridgehead atoms. The van der Waals surface area contributed by atoms with Crippen LogP contribution in [0.1, 0.15) is 26.7 Å². The van der Waals surface area contributed by atoms with E-state index in [1.165, 1.54) is 0 Å². The molecule has 0 aliphatic carbocycles. The number of nitrogens with one attached hydrogen (secondary N) is 2. The number of hydrogen-bond acceptors (Lipinski definition) is 3. The van der Waals surface area contributed by atoms with Gasteiger partial charge in [-0.1, -0.05) is 13.8 Å². The maximum atomic E-state index is 11.6. The highest BCUT2D eigenvalue weighted by Gasteiger charge is 2.23. The fourth-order valence-corrected chi connectivity index (χ4v) is 2.88. The van der Waals surface area contributed by atoms with Crippen LogP contribution in [-0.2, 0) is 4.79 Å². The number of rotatable bonds is 5. The molecule has 1 aliphatic rings. The first-order chi connectivity index (χ1) is 7.99. The number of thioether (sulfide) groups is 1.